The molecular weight excluding hydrogens is 222 g/mol. The van der Waals surface area contributed by atoms with Gasteiger partial charge in [-0.1, -0.05) is 12.6 Å². The van der Waals surface area contributed by atoms with Crippen molar-refractivity contribution in [1.82, 2.24) is 9.80 Å². The Bertz CT molecular complexity index is 451. The molecule has 0 amide bonds. The second-order valence-electron chi connectivity index (χ2n) is 5.37. The van der Waals surface area contributed by atoms with Gasteiger partial charge in [-0.05, 0) is 45.1 Å². The number of benzene rings is 1. The van der Waals surface area contributed by atoms with E-state index in [1.165, 1.54) is 17.5 Å². The van der Waals surface area contributed by atoms with E-state index in [1.54, 1.807) is 0 Å². The predicted octanol–water partition coefficient (Wildman–Crippen LogP) is 2.18. The Hall–Kier alpha value is -1.48. The Kier molecular flexibility index (Phi) is 3.62. The van der Waals surface area contributed by atoms with Crippen molar-refractivity contribution in [1.29, 1.82) is 0 Å². The zero-order chi connectivity index (χ0) is 13.3. The van der Waals surface area contributed by atoms with Crippen LogP contribution in [0.15, 0.2) is 24.8 Å². The lowest BCUT2D eigenvalue weighted by Gasteiger charge is -2.24. The fourth-order valence-corrected chi connectivity index (χ4v) is 2.59. The third kappa shape index (κ3) is 2.51. The number of hydrogen-bond donors (Lipinski definition) is 1. The summed E-state index contributed by atoms with van der Waals surface area (Å²) < 4.78 is 0. The van der Waals surface area contributed by atoms with Crippen LogP contribution in [0.2, 0.25) is 0 Å². The second kappa shape index (κ2) is 5.02. The van der Waals surface area contributed by atoms with Crippen LogP contribution in [-0.4, -0.2) is 43.0 Å². The van der Waals surface area contributed by atoms with Gasteiger partial charge in [-0.25, -0.2) is 0 Å². The molecular formula is C15H23N3. The first-order valence-corrected chi connectivity index (χ1v) is 6.46. The second-order valence-corrected chi connectivity index (χ2v) is 5.37. The molecule has 1 aromatic carbocycles. The molecule has 1 aliphatic heterocycles. The summed E-state index contributed by atoms with van der Waals surface area (Å²) in [5, 5.41) is 0. The van der Waals surface area contributed by atoms with Gasteiger partial charge in [-0.3, -0.25) is 0 Å². The van der Waals surface area contributed by atoms with E-state index < -0.39 is 0 Å². The quantitative estimate of drug-likeness (QED) is 0.829. The van der Waals surface area contributed by atoms with Crippen molar-refractivity contribution in [2.24, 2.45) is 0 Å². The van der Waals surface area contributed by atoms with Crippen LogP contribution in [0.25, 0.3) is 5.70 Å². The highest BCUT2D eigenvalue weighted by molar-refractivity contribution is 5.67. The molecule has 0 radical (unpaired) electrons. The van der Waals surface area contributed by atoms with Crippen LogP contribution in [-0.2, 0) is 0 Å². The van der Waals surface area contributed by atoms with E-state index in [0.717, 1.165) is 24.5 Å². The molecule has 1 heterocycles. The Morgan fingerprint density at radius 2 is 2.17 bits per heavy atom. The fraction of sp³-hybridized carbons (Fsp3) is 0.467. The third-order valence-corrected chi connectivity index (χ3v) is 3.84. The van der Waals surface area contributed by atoms with Crippen LogP contribution in [0.5, 0.6) is 0 Å². The van der Waals surface area contributed by atoms with E-state index in [-0.39, 0.29) is 0 Å². The maximum Gasteiger partial charge on any atom is 0.0370 e. The van der Waals surface area contributed by atoms with Crippen molar-refractivity contribution < 1.29 is 0 Å². The van der Waals surface area contributed by atoms with Gasteiger partial charge in [0.15, 0.2) is 0 Å². The lowest BCUT2D eigenvalue weighted by atomic mass is 10.0. The molecule has 0 spiro atoms. The molecule has 1 fully saturated rings. The molecule has 3 heteroatoms. The molecule has 2 N–H and O–H groups in total. The van der Waals surface area contributed by atoms with Gasteiger partial charge in [0.1, 0.15) is 0 Å². The van der Waals surface area contributed by atoms with Gasteiger partial charge in [-0.2, -0.15) is 0 Å². The summed E-state index contributed by atoms with van der Waals surface area (Å²) in [6.45, 7) is 8.51. The molecule has 2 rings (SSSR count). The zero-order valence-electron chi connectivity index (χ0n) is 11.6. The van der Waals surface area contributed by atoms with Crippen molar-refractivity contribution in [3.63, 3.8) is 0 Å². The van der Waals surface area contributed by atoms with E-state index in [1.807, 2.05) is 12.1 Å². The first kappa shape index (κ1) is 13.0. The summed E-state index contributed by atoms with van der Waals surface area (Å²) in [5.74, 6) is 0. The monoisotopic (exact) mass is 245 g/mol. The minimum absolute atomic E-state index is 0.635. The lowest BCUT2D eigenvalue weighted by molar-refractivity contribution is 0.299. The molecule has 0 saturated carbocycles. The minimum Gasteiger partial charge on any atom is -0.399 e. The summed E-state index contributed by atoms with van der Waals surface area (Å²) in [5.41, 5.74) is 10.1. The van der Waals surface area contributed by atoms with Crippen LogP contribution in [0, 0.1) is 6.92 Å². The molecule has 0 unspecified atom stereocenters. The zero-order valence-corrected chi connectivity index (χ0v) is 11.6. The number of anilines is 1. The van der Waals surface area contributed by atoms with Crippen LogP contribution in [0.3, 0.4) is 0 Å². The smallest absolute Gasteiger partial charge is 0.0370 e. The van der Waals surface area contributed by atoms with E-state index in [9.17, 15) is 0 Å². The number of nitrogen functional groups attached to an aromatic ring is 1. The summed E-state index contributed by atoms with van der Waals surface area (Å²) in [7, 11) is 4.29. The number of nitrogens with zero attached hydrogens (tertiary/aromatic N) is 2. The molecule has 1 aliphatic rings. The maximum absolute atomic E-state index is 5.79. The van der Waals surface area contributed by atoms with Gasteiger partial charge in [0, 0.05) is 36.1 Å². The van der Waals surface area contributed by atoms with Crippen molar-refractivity contribution in [3.05, 3.63) is 35.9 Å². The van der Waals surface area contributed by atoms with Gasteiger partial charge in [0.05, 0.1) is 0 Å². The van der Waals surface area contributed by atoms with Gasteiger partial charge < -0.3 is 15.5 Å². The number of hydrogen-bond acceptors (Lipinski definition) is 3. The molecule has 3 nitrogen and oxygen atoms in total. The summed E-state index contributed by atoms with van der Waals surface area (Å²) in [6.07, 6.45) is 1.21. The van der Waals surface area contributed by atoms with Crippen molar-refractivity contribution in [2.45, 2.75) is 19.4 Å². The molecule has 18 heavy (non-hydrogen) atoms. The van der Waals surface area contributed by atoms with Gasteiger partial charge in [0.25, 0.3) is 0 Å². The standard InChI is InChI=1S/C15H23N3/c1-11-9-13(16)5-6-15(11)12(2)18-8-7-14(10-18)17(3)4/h5-6,9,14H,2,7-8,10,16H2,1,3-4H3/t14-/m0/s1. The average Bonchev–Trinajstić information content (AvgIpc) is 2.77. The molecule has 1 aromatic rings. The van der Waals surface area contributed by atoms with E-state index in [0.29, 0.717) is 6.04 Å². The number of rotatable bonds is 3. The minimum atomic E-state index is 0.635. The lowest BCUT2D eigenvalue weighted by Crippen LogP contribution is -2.30. The molecule has 1 saturated heterocycles. The molecule has 1 atom stereocenters. The van der Waals surface area contributed by atoms with Crippen molar-refractivity contribution in [3.8, 4) is 0 Å². The molecule has 98 valence electrons. The number of aryl methyl sites for hydroxylation is 1. The van der Waals surface area contributed by atoms with Crippen molar-refractivity contribution in [2.75, 3.05) is 32.9 Å². The highest BCUT2D eigenvalue weighted by Gasteiger charge is 2.25. The van der Waals surface area contributed by atoms with Crippen LogP contribution in [0.1, 0.15) is 17.5 Å². The normalized spacial score (nSPS) is 19.6. The van der Waals surface area contributed by atoms with Crippen molar-refractivity contribution >= 4 is 11.4 Å². The van der Waals surface area contributed by atoms with Crippen LogP contribution < -0.4 is 5.73 Å². The number of nitrogens with two attached hydrogens (primary N) is 1. The first-order valence-electron chi connectivity index (χ1n) is 6.46. The summed E-state index contributed by atoms with van der Waals surface area (Å²) in [4.78, 5) is 4.67. The fourth-order valence-electron chi connectivity index (χ4n) is 2.59. The van der Waals surface area contributed by atoms with Gasteiger partial charge in [-0.15, -0.1) is 0 Å². The highest BCUT2D eigenvalue weighted by Crippen LogP contribution is 2.27. The Labute approximate surface area is 110 Å². The van der Waals surface area contributed by atoms with Crippen LogP contribution in [0.4, 0.5) is 5.69 Å². The first-order chi connectivity index (χ1) is 8.49. The third-order valence-electron chi connectivity index (χ3n) is 3.84. The Morgan fingerprint density at radius 1 is 1.44 bits per heavy atom. The topological polar surface area (TPSA) is 32.5 Å². The number of likely N-dealkylation sites (N-methyl/N-ethyl adjacent to an activating group) is 1. The van der Waals surface area contributed by atoms with Gasteiger partial charge >= 0.3 is 0 Å². The number of likely N-dealkylation sites (tertiary alicyclic amines) is 1. The van der Waals surface area contributed by atoms with Crippen LogP contribution >= 0.6 is 0 Å². The average molecular weight is 245 g/mol. The Morgan fingerprint density at radius 3 is 2.72 bits per heavy atom. The van der Waals surface area contributed by atoms with E-state index >= 15 is 0 Å². The Balaban J connectivity index is 2.13. The molecule has 0 aromatic heterocycles. The largest absolute Gasteiger partial charge is 0.399 e. The maximum atomic E-state index is 5.79. The molecule has 0 bridgehead atoms. The van der Waals surface area contributed by atoms with E-state index in [4.69, 9.17) is 5.73 Å². The predicted molar refractivity (Wildman–Crippen MR) is 78.3 cm³/mol. The highest BCUT2D eigenvalue weighted by atomic mass is 15.2. The summed E-state index contributed by atoms with van der Waals surface area (Å²) in [6, 6.07) is 6.68. The summed E-state index contributed by atoms with van der Waals surface area (Å²) >= 11 is 0. The van der Waals surface area contributed by atoms with E-state index in [2.05, 4.69) is 43.5 Å². The van der Waals surface area contributed by atoms with Gasteiger partial charge in [0.2, 0.25) is 0 Å². The molecule has 0 aliphatic carbocycles. The SMILES string of the molecule is C=C(c1ccc(N)cc1C)N1CC[C@H](N(C)C)C1.